The Bertz CT molecular complexity index is 926. The van der Waals surface area contributed by atoms with Gasteiger partial charge in [-0.3, -0.25) is 14.9 Å². The van der Waals surface area contributed by atoms with Crippen molar-refractivity contribution in [1.82, 2.24) is 9.88 Å². The fourth-order valence-corrected chi connectivity index (χ4v) is 4.55. The normalized spacial score (nSPS) is 15.0. The molecule has 1 aromatic carbocycles. The van der Waals surface area contributed by atoms with Gasteiger partial charge in [0.2, 0.25) is 0 Å². The van der Waals surface area contributed by atoms with Crippen LogP contribution in [0.3, 0.4) is 0 Å². The van der Waals surface area contributed by atoms with Crippen LogP contribution >= 0.6 is 23.1 Å². The Labute approximate surface area is 175 Å². The molecule has 1 fully saturated rings. The lowest BCUT2D eigenvalue weighted by Crippen LogP contribution is -2.46. The third kappa shape index (κ3) is 5.31. The quantitative estimate of drug-likeness (QED) is 0.385. The Morgan fingerprint density at radius 3 is 2.72 bits per heavy atom. The first-order valence-electron chi connectivity index (χ1n) is 8.81. The van der Waals surface area contributed by atoms with Crippen LogP contribution in [0.2, 0.25) is 0 Å². The number of nitrogens with zero attached hydrogens (tertiary/aromatic N) is 3. The molecule has 3 rings (SSSR count). The van der Waals surface area contributed by atoms with Crippen LogP contribution in [0.15, 0.2) is 32.8 Å². The van der Waals surface area contributed by atoms with Crippen LogP contribution < -0.4 is 0 Å². The number of carbonyl (C=O) groups excluding carboxylic acids is 2. The standard InChI is InChI=1S/C18H19N3O6S2/c1-11-10-28-18(19-11)29-15-4-3-13(9-14(15)21(24)25)17(23)27-12(2)16(22)20-5-7-26-8-6-20/h3-4,9-10,12H,5-8H2,1-2H3/t12-/m0/s1. The largest absolute Gasteiger partial charge is 0.449 e. The summed E-state index contributed by atoms with van der Waals surface area (Å²) in [5.41, 5.74) is 0.627. The van der Waals surface area contributed by atoms with Gasteiger partial charge in [0.05, 0.1) is 28.6 Å². The first-order chi connectivity index (χ1) is 13.8. The number of ether oxygens (including phenoxy) is 2. The summed E-state index contributed by atoms with van der Waals surface area (Å²) in [5.74, 6) is -1.11. The molecule has 0 spiro atoms. The topological polar surface area (TPSA) is 112 Å². The molecule has 9 nitrogen and oxygen atoms in total. The highest BCUT2D eigenvalue weighted by atomic mass is 32.2. The predicted octanol–water partition coefficient (Wildman–Crippen LogP) is 2.92. The SMILES string of the molecule is Cc1csc(Sc2ccc(C(=O)O[C@@H](C)C(=O)N3CCOCC3)cc2[N+](=O)[O-])n1. The number of rotatable bonds is 6. The summed E-state index contributed by atoms with van der Waals surface area (Å²) < 4.78 is 11.1. The Hall–Kier alpha value is -2.50. The molecule has 2 aromatic rings. The van der Waals surface area contributed by atoms with Gasteiger partial charge in [0.25, 0.3) is 11.6 Å². The van der Waals surface area contributed by atoms with Crippen molar-refractivity contribution in [2.75, 3.05) is 26.3 Å². The van der Waals surface area contributed by atoms with E-state index in [9.17, 15) is 19.7 Å². The summed E-state index contributed by atoms with van der Waals surface area (Å²) in [6, 6.07) is 4.10. The van der Waals surface area contributed by atoms with Gasteiger partial charge < -0.3 is 14.4 Å². The van der Waals surface area contributed by atoms with Gasteiger partial charge in [-0.05, 0) is 26.0 Å². The van der Waals surface area contributed by atoms with Gasteiger partial charge in [0, 0.05) is 30.2 Å². The number of hydrogen-bond acceptors (Lipinski definition) is 9. The lowest BCUT2D eigenvalue weighted by Gasteiger charge is -2.28. The van der Waals surface area contributed by atoms with Crippen LogP contribution in [0.5, 0.6) is 0 Å². The van der Waals surface area contributed by atoms with Crippen molar-refractivity contribution in [3.63, 3.8) is 0 Å². The molecule has 0 aliphatic carbocycles. The lowest BCUT2D eigenvalue weighted by molar-refractivity contribution is -0.387. The minimum atomic E-state index is -0.994. The summed E-state index contributed by atoms with van der Waals surface area (Å²) in [6.07, 6.45) is -0.994. The van der Waals surface area contributed by atoms with Crippen LogP contribution in [0, 0.1) is 17.0 Å². The van der Waals surface area contributed by atoms with Crippen molar-refractivity contribution < 1.29 is 24.0 Å². The van der Waals surface area contributed by atoms with E-state index in [1.165, 1.54) is 30.4 Å². The third-order valence-electron chi connectivity index (χ3n) is 4.14. The molecule has 0 N–H and O–H groups in total. The first-order valence-corrected chi connectivity index (χ1v) is 10.5. The van der Waals surface area contributed by atoms with Crippen molar-refractivity contribution >= 4 is 40.7 Å². The fraction of sp³-hybridized carbons (Fsp3) is 0.389. The number of nitro groups is 1. The van der Waals surface area contributed by atoms with Gasteiger partial charge in [-0.2, -0.15) is 0 Å². The number of amides is 1. The van der Waals surface area contributed by atoms with Crippen molar-refractivity contribution in [2.24, 2.45) is 0 Å². The zero-order valence-electron chi connectivity index (χ0n) is 15.8. The number of esters is 1. The van der Waals surface area contributed by atoms with Gasteiger partial charge in [-0.1, -0.05) is 11.8 Å². The van der Waals surface area contributed by atoms with E-state index in [0.717, 1.165) is 23.5 Å². The molecule has 0 radical (unpaired) electrons. The van der Waals surface area contributed by atoms with Crippen molar-refractivity contribution in [3.05, 3.63) is 45.0 Å². The summed E-state index contributed by atoms with van der Waals surface area (Å²) in [5, 5.41) is 13.3. The number of thiazole rings is 1. The molecule has 1 aliphatic rings. The molecule has 0 bridgehead atoms. The molecule has 154 valence electrons. The van der Waals surface area contributed by atoms with E-state index in [-0.39, 0.29) is 17.2 Å². The summed E-state index contributed by atoms with van der Waals surface area (Å²) >= 11 is 2.55. The van der Waals surface area contributed by atoms with E-state index in [4.69, 9.17) is 9.47 Å². The minimum Gasteiger partial charge on any atom is -0.449 e. The molecule has 0 unspecified atom stereocenters. The van der Waals surface area contributed by atoms with E-state index in [2.05, 4.69) is 4.98 Å². The highest BCUT2D eigenvalue weighted by Crippen LogP contribution is 2.36. The number of aryl methyl sites for hydroxylation is 1. The van der Waals surface area contributed by atoms with Gasteiger partial charge in [-0.15, -0.1) is 11.3 Å². The highest BCUT2D eigenvalue weighted by Gasteiger charge is 2.27. The van der Waals surface area contributed by atoms with Crippen molar-refractivity contribution in [1.29, 1.82) is 0 Å². The van der Waals surface area contributed by atoms with Crippen LogP contribution in [0.1, 0.15) is 23.0 Å². The van der Waals surface area contributed by atoms with Gasteiger partial charge >= 0.3 is 5.97 Å². The molecule has 1 aliphatic heterocycles. The average molecular weight is 437 g/mol. The van der Waals surface area contributed by atoms with E-state index >= 15 is 0 Å². The Balaban J connectivity index is 1.72. The zero-order chi connectivity index (χ0) is 21.0. The number of aromatic nitrogens is 1. The van der Waals surface area contributed by atoms with Gasteiger partial charge in [0.1, 0.15) is 0 Å². The summed E-state index contributed by atoms with van der Waals surface area (Å²) in [4.78, 5) is 42.0. The Morgan fingerprint density at radius 2 is 2.10 bits per heavy atom. The minimum absolute atomic E-state index is 0.0120. The second-order valence-electron chi connectivity index (χ2n) is 6.28. The molecule has 1 atom stereocenters. The maximum atomic E-state index is 12.4. The second-order valence-corrected chi connectivity index (χ2v) is 8.43. The molecule has 11 heteroatoms. The number of morpholine rings is 1. The Morgan fingerprint density at radius 1 is 1.38 bits per heavy atom. The molecular weight excluding hydrogens is 418 g/mol. The maximum absolute atomic E-state index is 12.4. The van der Waals surface area contributed by atoms with Crippen LogP contribution in [-0.2, 0) is 14.3 Å². The van der Waals surface area contributed by atoms with E-state index < -0.39 is 17.0 Å². The zero-order valence-corrected chi connectivity index (χ0v) is 17.5. The number of benzene rings is 1. The smallest absolute Gasteiger partial charge is 0.339 e. The van der Waals surface area contributed by atoms with Crippen LogP contribution in [0.25, 0.3) is 0 Å². The molecule has 0 saturated carbocycles. The predicted molar refractivity (Wildman–Crippen MR) is 106 cm³/mol. The van der Waals surface area contributed by atoms with Crippen molar-refractivity contribution in [3.8, 4) is 0 Å². The van der Waals surface area contributed by atoms with Crippen LogP contribution in [-0.4, -0.2) is 59.1 Å². The molecule has 29 heavy (non-hydrogen) atoms. The average Bonchev–Trinajstić information content (AvgIpc) is 3.12. The summed E-state index contributed by atoms with van der Waals surface area (Å²) in [6.45, 7) is 5.09. The maximum Gasteiger partial charge on any atom is 0.339 e. The first kappa shape index (κ1) is 21.2. The second kappa shape index (κ2) is 9.33. The summed E-state index contributed by atoms with van der Waals surface area (Å²) in [7, 11) is 0. The van der Waals surface area contributed by atoms with Crippen molar-refractivity contribution in [2.45, 2.75) is 29.2 Å². The molecule has 1 amide bonds. The number of hydrogen-bond donors (Lipinski definition) is 0. The monoisotopic (exact) mass is 437 g/mol. The lowest BCUT2D eigenvalue weighted by atomic mass is 10.2. The van der Waals surface area contributed by atoms with E-state index in [1.54, 1.807) is 4.90 Å². The molecule has 2 heterocycles. The van der Waals surface area contributed by atoms with Gasteiger partial charge in [0.15, 0.2) is 10.4 Å². The number of nitro benzene ring substituents is 1. The van der Waals surface area contributed by atoms with E-state index in [0.29, 0.717) is 35.5 Å². The third-order valence-corrected chi connectivity index (χ3v) is 6.26. The molecule has 1 saturated heterocycles. The Kier molecular flexibility index (Phi) is 6.83. The van der Waals surface area contributed by atoms with Crippen LogP contribution in [0.4, 0.5) is 5.69 Å². The van der Waals surface area contributed by atoms with Gasteiger partial charge in [-0.25, -0.2) is 9.78 Å². The molecular formula is C18H19N3O6S2. The molecule has 1 aromatic heterocycles. The highest BCUT2D eigenvalue weighted by molar-refractivity contribution is 8.01. The number of carbonyl (C=O) groups is 2. The van der Waals surface area contributed by atoms with E-state index in [1.807, 2.05) is 12.3 Å². The fourth-order valence-electron chi connectivity index (χ4n) is 2.67.